The fourth-order valence-electron chi connectivity index (χ4n) is 2.92. The van der Waals surface area contributed by atoms with E-state index in [1.54, 1.807) is 36.4 Å². The molecular weight excluding hydrogens is 491 g/mol. The predicted octanol–water partition coefficient (Wildman–Crippen LogP) is 7.32. The summed E-state index contributed by atoms with van der Waals surface area (Å²) in [4.78, 5) is 19.5. The van der Waals surface area contributed by atoms with E-state index in [2.05, 4.69) is 9.97 Å². The van der Waals surface area contributed by atoms with Crippen molar-refractivity contribution in [2.24, 2.45) is 0 Å². The molecule has 0 amide bonds. The van der Waals surface area contributed by atoms with Gasteiger partial charge in [0.1, 0.15) is 17.3 Å². The molecule has 1 heterocycles. The number of nitrogens with zero attached hydrogens (tertiary/aromatic N) is 1. The van der Waals surface area contributed by atoms with Crippen LogP contribution >= 0.6 is 46.6 Å². The van der Waals surface area contributed by atoms with Crippen LogP contribution in [0.2, 0.25) is 15.1 Å². The lowest BCUT2D eigenvalue weighted by Gasteiger charge is -2.12. The van der Waals surface area contributed by atoms with Gasteiger partial charge in [-0.3, -0.25) is 0 Å². The Kier molecular flexibility index (Phi) is 6.96. The highest BCUT2D eigenvalue weighted by atomic mass is 35.5. The maximum absolute atomic E-state index is 11.9. The van der Waals surface area contributed by atoms with Crippen molar-refractivity contribution in [2.75, 3.05) is 0 Å². The van der Waals surface area contributed by atoms with Crippen LogP contribution in [0.15, 0.2) is 70.7 Å². The molecule has 32 heavy (non-hydrogen) atoms. The monoisotopic (exact) mass is 504 g/mol. The van der Waals surface area contributed by atoms with Crippen LogP contribution in [0.3, 0.4) is 0 Å². The Bertz CT molecular complexity index is 1300. The summed E-state index contributed by atoms with van der Waals surface area (Å²) in [6.07, 6.45) is 1.50. The van der Waals surface area contributed by atoms with Gasteiger partial charge in [0.25, 0.3) is 0 Å². The third-order valence-electron chi connectivity index (χ3n) is 4.44. The van der Waals surface area contributed by atoms with Gasteiger partial charge in [-0.25, -0.2) is 9.78 Å². The lowest BCUT2D eigenvalue weighted by Crippen LogP contribution is -2.00. The van der Waals surface area contributed by atoms with Crippen molar-refractivity contribution in [2.45, 2.75) is 11.8 Å². The summed E-state index contributed by atoms with van der Waals surface area (Å²) in [6, 6.07) is 17.6. The number of benzene rings is 3. The zero-order valence-electron chi connectivity index (χ0n) is 16.3. The molecule has 0 aliphatic heterocycles. The third kappa shape index (κ3) is 5.40. The second kappa shape index (κ2) is 9.88. The van der Waals surface area contributed by atoms with Gasteiger partial charge < -0.3 is 14.8 Å². The maximum Gasteiger partial charge on any atom is 0.342 e. The summed E-state index contributed by atoms with van der Waals surface area (Å²) in [5.41, 5.74) is 2.84. The fourth-order valence-corrected chi connectivity index (χ4v) is 4.35. The zero-order chi connectivity index (χ0) is 22.7. The number of imidazole rings is 1. The van der Waals surface area contributed by atoms with Gasteiger partial charge in [-0.15, -0.1) is 0 Å². The number of nitrogens with one attached hydrogen (secondary N) is 1. The summed E-state index contributed by atoms with van der Waals surface area (Å²) in [5.74, 6) is -0.633. The predicted molar refractivity (Wildman–Crippen MR) is 130 cm³/mol. The van der Waals surface area contributed by atoms with E-state index >= 15 is 0 Å². The Hall–Kier alpha value is -2.64. The Labute approximate surface area is 203 Å². The molecule has 9 heteroatoms. The number of halogens is 3. The number of hydrogen-bond acceptors (Lipinski definition) is 4. The summed E-state index contributed by atoms with van der Waals surface area (Å²) in [7, 11) is 0. The Morgan fingerprint density at radius 2 is 1.81 bits per heavy atom. The number of aliphatic carboxylic acids is 1. The van der Waals surface area contributed by atoms with Crippen LogP contribution in [-0.2, 0) is 11.4 Å². The third-order valence-corrected chi connectivity index (χ3v) is 6.16. The van der Waals surface area contributed by atoms with Crippen LogP contribution in [0.25, 0.3) is 17.1 Å². The van der Waals surface area contributed by atoms with Gasteiger partial charge in [0.2, 0.25) is 0 Å². The van der Waals surface area contributed by atoms with Crippen molar-refractivity contribution in [3.63, 3.8) is 0 Å². The lowest BCUT2D eigenvalue weighted by atomic mass is 10.2. The Morgan fingerprint density at radius 3 is 2.56 bits per heavy atom. The molecular formula is C23H15Cl3N2O3S. The average molecular weight is 506 g/mol. The number of H-pyrrole nitrogens is 1. The van der Waals surface area contributed by atoms with Gasteiger partial charge in [-0.1, -0.05) is 53.0 Å². The molecule has 0 radical (unpaired) electrons. The number of aromatic nitrogens is 2. The number of carboxylic acid groups (broad SMARTS) is 1. The second-order valence-corrected chi connectivity index (χ2v) is 8.99. The molecule has 4 rings (SSSR count). The van der Waals surface area contributed by atoms with Crippen LogP contribution in [-0.4, -0.2) is 21.0 Å². The minimum atomic E-state index is -1.10. The molecule has 2 N–H and O–H groups in total. The number of para-hydroxylation sites is 2. The van der Waals surface area contributed by atoms with E-state index in [9.17, 15) is 9.90 Å². The smallest absolute Gasteiger partial charge is 0.342 e. The average Bonchev–Trinajstić information content (AvgIpc) is 3.16. The molecule has 0 unspecified atom stereocenters. The molecule has 0 aliphatic carbocycles. The number of rotatable bonds is 7. The number of thioether (sulfide) groups is 1. The first-order chi connectivity index (χ1) is 15.4. The normalized spacial score (nSPS) is 11.7. The molecule has 3 aromatic carbocycles. The maximum atomic E-state index is 11.9. The van der Waals surface area contributed by atoms with Crippen LogP contribution < -0.4 is 4.74 Å². The van der Waals surface area contributed by atoms with E-state index in [0.717, 1.165) is 28.4 Å². The number of fused-ring (bicyclic) bond motifs is 1. The van der Waals surface area contributed by atoms with Crippen molar-refractivity contribution in [3.8, 4) is 5.75 Å². The first-order valence-corrected chi connectivity index (χ1v) is 11.3. The van der Waals surface area contributed by atoms with E-state index in [-0.39, 0.29) is 11.5 Å². The van der Waals surface area contributed by atoms with E-state index in [1.807, 2.05) is 24.3 Å². The zero-order valence-corrected chi connectivity index (χ0v) is 19.4. The number of carbonyl (C=O) groups is 1. The van der Waals surface area contributed by atoms with Crippen molar-refractivity contribution >= 4 is 69.6 Å². The quantitative estimate of drug-likeness (QED) is 0.203. The van der Waals surface area contributed by atoms with Crippen LogP contribution in [0, 0.1) is 0 Å². The Morgan fingerprint density at radius 1 is 1.06 bits per heavy atom. The number of carboxylic acids is 1. The molecule has 0 fully saturated rings. The molecule has 162 valence electrons. The highest BCUT2D eigenvalue weighted by Crippen LogP contribution is 2.32. The van der Waals surface area contributed by atoms with Gasteiger partial charge in [0.05, 0.1) is 11.0 Å². The molecule has 5 nitrogen and oxygen atoms in total. The summed E-state index contributed by atoms with van der Waals surface area (Å²) < 4.78 is 5.92. The van der Waals surface area contributed by atoms with E-state index < -0.39 is 5.97 Å². The highest BCUT2D eigenvalue weighted by molar-refractivity contribution is 8.04. The van der Waals surface area contributed by atoms with Crippen molar-refractivity contribution < 1.29 is 14.6 Å². The molecule has 0 bridgehead atoms. The van der Waals surface area contributed by atoms with Gasteiger partial charge >= 0.3 is 5.97 Å². The van der Waals surface area contributed by atoms with Crippen molar-refractivity contribution in [1.82, 2.24) is 9.97 Å². The minimum absolute atomic E-state index is 0.0562. The fraction of sp³-hybridized carbons (Fsp3) is 0.0435. The SMILES string of the molecule is O=C(O)/C(=C/c1cc(Cl)ccc1OCc1ccc(Cl)cc1Cl)Sc1nc2ccccc2[nH]1. The number of ether oxygens (including phenoxy) is 1. The topological polar surface area (TPSA) is 75.2 Å². The minimum Gasteiger partial charge on any atom is -0.488 e. The summed E-state index contributed by atoms with van der Waals surface area (Å²) in [6.45, 7) is 0.178. The lowest BCUT2D eigenvalue weighted by molar-refractivity contribution is -0.131. The molecule has 0 atom stereocenters. The summed E-state index contributed by atoms with van der Waals surface area (Å²) >= 11 is 19.3. The van der Waals surface area contributed by atoms with E-state index in [4.69, 9.17) is 39.5 Å². The first-order valence-electron chi connectivity index (χ1n) is 9.33. The number of aromatic amines is 1. The summed E-state index contributed by atoms with van der Waals surface area (Å²) in [5, 5.41) is 11.7. The molecule has 0 aliphatic rings. The number of hydrogen-bond donors (Lipinski definition) is 2. The van der Waals surface area contributed by atoms with Gasteiger partial charge in [-0.2, -0.15) is 0 Å². The Balaban J connectivity index is 1.62. The van der Waals surface area contributed by atoms with Crippen LogP contribution in [0.1, 0.15) is 11.1 Å². The van der Waals surface area contributed by atoms with Crippen LogP contribution in [0.4, 0.5) is 0 Å². The van der Waals surface area contributed by atoms with Crippen LogP contribution in [0.5, 0.6) is 5.75 Å². The van der Waals surface area contributed by atoms with Gasteiger partial charge in [0, 0.05) is 26.2 Å². The van der Waals surface area contributed by atoms with Gasteiger partial charge in [-0.05, 0) is 60.3 Å². The molecule has 0 saturated heterocycles. The first kappa shape index (κ1) is 22.6. The van der Waals surface area contributed by atoms with E-state index in [1.165, 1.54) is 6.08 Å². The molecule has 4 aromatic rings. The van der Waals surface area contributed by atoms with E-state index in [0.29, 0.717) is 31.5 Å². The van der Waals surface area contributed by atoms with Crippen molar-refractivity contribution in [1.29, 1.82) is 0 Å². The largest absolute Gasteiger partial charge is 0.488 e. The van der Waals surface area contributed by atoms with Gasteiger partial charge in [0.15, 0.2) is 5.16 Å². The molecule has 0 spiro atoms. The standard InChI is InChI=1S/C23H15Cl3N2O3S/c24-15-7-8-20(31-12-13-5-6-16(25)11-17(13)26)14(9-15)10-21(22(29)30)32-23-27-18-3-1-2-4-19(18)28-23/h1-11H,12H2,(H,27,28)(H,29,30)/b21-10-. The molecule has 0 saturated carbocycles. The molecule has 1 aromatic heterocycles. The van der Waals surface area contributed by atoms with Crippen molar-refractivity contribution in [3.05, 3.63) is 91.8 Å². The second-order valence-electron chi connectivity index (χ2n) is 6.68. The highest BCUT2D eigenvalue weighted by Gasteiger charge is 2.15.